The summed E-state index contributed by atoms with van der Waals surface area (Å²) >= 11 is 0. The second kappa shape index (κ2) is 4.92. The average Bonchev–Trinajstić information content (AvgIpc) is 3.03. The lowest BCUT2D eigenvalue weighted by Crippen LogP contribution is -2.41. The zero-order valence-electron chi connectivity index (χ0n) is 11.4. The van der Waals surface area contributed by atoms with Crippen LogP contribution in [-0.2, 0) is 6.54 Å². The number of nitrogens with zero attached hydrogens (tertiary/aromatic N) is 2. The van der Waals surface area contributed by atoms with Crippen molar-refractivity contribution in [3.63, 3.8) is 0 Å². The molecular weight excluding hydrogens is 226 g/mol. The van der Waals surface area contributed by atoms with Crippen molar-refractivity contribution in [1.29, 1.82) is 0 Å². The van der Waals surface area contributed by atoms with Crippen LogP contribution >= 0.6 is 0 Å². The molecule has 2 heterocycles. The Hall–Kier alpha value is -1.03. The number of fused-ring (bicyclic) bond motifs is 1. The van der Waals surface area contributed by atoms with Crippen LogP contribution in [0.2, 0.25) is 0 Å². The molecular formula is C14H23N3O. The van der Waals surface area contributed by atoms with Crippen LogP contribution in [0.25, 0.3) is 0 Å². The zero-order chi connectivity index (χ0) is 12.5. The standard InChI is InChI=1S/C14H23N3O/c1-3-17-14(13(18-2)9-15-17)12-8-7-10-5-4-6-11(10)16-12/h9-12,16H,3-8H2,1-2H3. The number of piperidine rings is 1. The van der Waals surface area contributed by atoms with Gasteiger partial charge in [0.25, 0.3) is 0 Å². The molecule has 4 heteroatoms. The number of hydrogen-bond acceptors (Lipinski definition) is 3. The van der Waals surface area contributed by atoms with E-state index in [0.717, 1.165) is 18.2 Å². The van der Waals surface area contributed by atoms with Crippen molar-refractivity contribution in [2.45, 2.75) is 57.7 Å². The third kappa shape index (κ3) is 1.92. The fourth-order valence-corrected chi connectivity index (χ4v) is 3.68. The first-order chi connectivity index (χ1) is 8.83. The number of aryl methyl sites for hydroxylation is 1. The average molecular weight is 249 g/mol. The summed E-state index contributed by atoms with van der Waals surface area (Å²) in [5.74, 6) is 1.84. The molecule has 1 aliphatic heterocycles. The lowest BCUT2D eigenvalue weighted by Gasteiger charge is -2.34. The molecule has 3 rings (SSSR count). The molecule has 2 aliphatic rings. The molecule has 1 aliphatic carbocycles. The summed E-state index contributed by atoms with van der Waals surface area (Å²) in [6, 6.07) is 1.13. The highest BCUT2D eigenvalue weighted by molar-refractivity contribution is 5.29. The molecule has 0 aromatic carbocycles. The fourth-order valence-electron chi connectivity index (χ4n) is 3.68. The molecule has 4 nitrogen and oxygen atoms in total. The minimum atomic E-state index is 0.418. The number of nitrogens with one attached hydrogen (secondary N) is 1. The van der Waals surface area contributed by atoms with Gasteiger partial charge in [-0.25, -0.2) is 0 Å². The molecule has 0 bridgehead atoms. The summed E-state index contributed by atoms with van der Waals surface area (Å²) < 4.78 is 7.54. The van der Waals surface area contributed by atoms with Gasteiger partial charge < -0.3 is 10.1 Å². The van der Waals surface area contributed by atoms with Crippen molar-refractivity contribution < 1.29 is 4.74 Å². The van der Waals surface area contributed by atoms with Crippen LogP contribution in [0.15, 0.2) is 6.20 Å². The van der Waals surface area contributed by atoms with Crippen LogP contribution in [0.5, 0.6) is 5.75 Å². The predicted molar refractivity (Wildman–Crippen MR) is 70.7 cm³/mol. The van der Waals surface area contributed by atoms with Crippen molar-refractivity contribution >= 4 is 0 Å². The van der Waals surface area contributed by atoms with E-state index in [1.165, 1.54) is 37.8 Å². The first-order valence-corrected chi connectivity index (χ1v) is 7.19. The molecule has 1 N–H and O–H groups in total. The van der Waals surface area contributed by atoms with Gasteiger partial charge in [-0.15, -0.1) is 0 Å². The van der Waals surface area contributed by atoms with Crippen LogP contribution < -0.4 is 10.1 Å². The number of hydrogen-bond donors (Lipinski definition) is 1. The molecule has 0 amide bonds. The fraction of sp³-hybridized carbons (Fsp3) is 0.786. The number of rotatable bonds is 3. The molecule has 0 spiro atoms. The molecule has 100 valence electrons. The third-order valence-corrected chi connectivity index (χ3v) is 4.59. The number of methoxy groups -OCH3 is 1. The summed E-state index contributed by atoms with van der Waals surface area (Å²) in [5.41, 5.74) is 1.24. The van der Waals surface area contributed by atoms with E-state index < -0.39 is 0 Å². The van der Waals surface area contributed by atoms with Crippen molar-refractivity contribution in [3.05, 3.63) is 11.9 Å². The monoisotopic (exact) mass is 249 g/mol. The van der Waals surface area contributed by atoms with Crippen LogP contribution in [0, 0.1) is 5.92 Å². The molecule has 1 saturated carbocycles. The highest BCUT2D eigenvalue weighted by Gasteiger charge is 2.35. The summed E-state index contributed by atoms with van der Waals surface area (Å²) in [5, 5.41) is 8.24. The Bertz CT molecular complexity index is 394. The molecule has 1 aromatic heterocycles. The molecule has 18 heavy (non-hydrogen) atoms. The summed E-state index contributed by atoms with van der Waals surface area (Å²) in [6.07, 6.45) is 8.54. The van der Waals surface area contributed by atoms with Gasteiger partial charge in [-0.3, -0.25) is 4.68 Å². The first kappa shape index (κ1) is 12.0. The van der Waals surface area contributed by atoms with Gasteiger partial charge in [0.05, 0.1) is 25.0 Å². The Balaban J connectivity index is 1.83. The summed E-state index contributed by atoms with van der Waals surface area (Å²) in [7, 11) is 1.74. The van der Waals surface area contributed by atoms with Crippen LogP contribution in [-0.4, -0.2) is 22.9 Å². The van der Waals surface area contributed by atoms with Crippen molar-refractivity contribution in [2.75, 3.05) is 7.11 Å². The lowest BCUT2D eigenvalue weighted by molar-refractivity contribution is 0.248. The highest BCUT2D eigenvalue weighted by atomic mass is 16.5. The topological polar surface area (TPSA) is 39.1 Å². The molecule has 3 atom stereocenters. The van der Waals surface area contributed by atoms with Crippen molar-refractivity contribution in [2.24, 2.45) is 5.92 Å². The summed E-state index contributed by atoms with van der Waals surface area (Å²) in [6.45, 7) is 3.04. The minimum Gasteiger partial charge on any atom is -0.493 e. The quantitative estimate of drug-likeness (QED) is 0.894. The van der Waals surface area contributed by atoms with Gasteiger partial charge in [-0.05, 0) is 38.5 Å². The van der Waals surface area contributed by atoms with E-state index in [9.17, 15) is 0 Å². The Morgan fingerprint density at radius 3 is 3.06 bits per heavy atom. The van der Waals surface area contributed by atoms with Gasteiger partial charge in [0.1, 0.15) is 0 Å². The van der Waals surface area contributed by atoms with E-state index >= 15 is 0 Å². The largest absolute Gasteiger partial charge is 0.493 e. The maximum atomic E-state index is 5.47. The molecule has 1 aromatic rings. The molecule has 0 radical (unpaired) electrons. The number of aromatic nitrogens is 2. The van der Waals surface area contributed by atoms with Crippen molar-refractivity contribution in [3.8, 4) is 5.75 Å². The predicted octanol–water partition coefficient (Wildman–Crippen LogP) is 2.50. The van der Waals surface area contributed by atoms with E-state index in [1.807, 2.05) is 6.20 Å². The normalized spacial score (nSPS) is 31.3. The number of ether oxygens (including phenoxy) is 1. The third-order valence-electron chi connectivity index (χ3n) is 4.59. The van der Waals surface area contributed by atoms with Gasteiger partial charge in [-0.2, -0.15) is 5.10 Å². The van der Waals surface area contributed by atoms with Crippen LogP contribution in [0.3, 0.4) is 0 Å². The van der Waals surface area contributed by atoms with Gasteiger partial charge in [0.2, 0.25) is 0 Å². The summed E-state index contributed by atoms with van der Waals surface area (Å²) in [4.78, 5) is 0. The van der Waals surface area contributed by atoms with E-state index in [0.29, 0.717) is 12.1 Å². The van der Waals surface area contributed by atoms with E-state index in [-0.39, 0.29) is 0 Å². The smallest absolute Gasteiger partial charge is 0.161 e. The van der Waals surface area contributed by atoms with Crippen molar-refractivity contribution in [1.82, 2.24) is 15.1 Å². The maximum Gasteiger partial charge on any atom is 0.161 e. The second-order valence-electron chi connectivity index (χ2n) is 5.51. The van der Waals surface area contributed by atoms with E-state index in [1.54, 1.807) is 7.11 Å². The highest BCUT2D eigenvalue weighted by Crippen LogP contribution is 2.39. The Labute approximate surface area is 109 Å². The van der Waals surface area contributed by atoms with E-state index in [2.05, 4.69) is 22.0 Å². The van der Waals surface area contributed by atoms with Crippen LogP contribution in [0.1, 0.15) is 50.8 Å². The lowest BCUT2D eigenvalue weighted by atomic mass is 9.88. The zero-order valence-corrected chi connectivity index (χ0v) is 11.4. The maximum absolute atomic E-state index is 5.47. The van der Waals surface area contributed by atoms with Gasteiger partial charge in [-0.1, -0.05) is 6.42 Å². The molecule has 2 fully saturated rings. The Kier molecular flexibility index (Phi) is 3.29. The second-order valence-corrected chi connectivity index (χ2v) is 5.51. The Morgan fingerprint density at radius 1 is 1.39 bits per heavy atom. The molecule has 1 saturated heterocycles. The molecule has 3 unspecified atom stereocenters. The van der Waals surface area contributed by atoms with Gasteiger partial charge in [0, 0.05) is 12.6 Å². The first-order valence-electron chi connectivity index (χ1n) is 7.19. The Morgan fingerprint density at radius 2 is 2.28 bits per heavy atom. The van der Waals surface area contributed by atoms with Gasteiger partial charge in [0.15, 0.2) is 5.75 Å². The minimum absolute atomic E-state index is 0.418. The van der Waals surface area contributed by atoms with Gasteiger partial charge >= 0.3 is 0 Å². The van der Waals surface area contributed by atoms with Crippen LogP contribution in [0.4, 0.5) is 0 Å². The SMILES string of the molecule is CCn1ncc(OC)c1C1CCC2CCCC2N1. The van der Waals surface area contributed by atoms with E-state index in [4.69, 9.17) is 4.74 Å².